The van der Waals surface area contributed by atoms with Crippen molar-refractivity contribution >= 4 is 5.97 Å². The second kappa shape index (κ2) is 9.91. The number of aryl methyl sites for hydroxylation is 1. The molecular weight excluding hydrogens is 324 g/mol. The van der Waals surface area contributed by atoms with E-state index in [1.54, 1.807) is 0 Å². The molecule has 2 bridgehead atoms. The molecule has 0 saturated heterocycles. The van der Waals surface area contributed by atoms with Crippen LogP contribution in [-0.4, -0.2) is 23.8 Å². The maximum absolute atomic E-state index is 10.5. The molecule has 0 heterocycles. The summed E-state index contributed by atoms with van der Waals surface area (Å²) in [6.45, 7) is 0.863. The molecule has 3 nitrogen and oxygen atoms in total. The summed E-state index contributed by atoms with van der Waals surface area (Å²) in [5, 5.41) is 8.68. The number of carboxylic acid groups (broad SMARTS) is 1. The van der Waals surface area contributed by atoms with Crippen LogP contribution < -0.4 is 0 Å². The van der Waals surface area contributed by atoms with Crippen molar-refractivity contribution in [1.82, 2.24) is 0 Å². The summed E-state index contributed by atoms with van der Waals surface area (Å²) in [6, 6.07) is 10.6. The Morgan fingerprint density at radius 3 is 2.73 bits per heavy atom. The van der Waals surface area contributed by atoms with Gasteiger partial charge in [-0.15, -0.1) is 0 Å². The van der Waals surface area contributed by atoms with Crippen LogP contribution in [0, 0.1) is 17.8 Å². The van der Waals surface area contributed by atoms with Gasteiger partial charge >= 0.3 is 5.97 Å². The molecule has 2 saturated carbocycles. The van der Waals surface area contributed by atoms with Crippen molar-refractivity contribution in [1.29, 1.82) is 0 Å². The van der Waals surface area contributed by atoms with Crippen molar-refractivity contribution < 1.29 is 14.6 Å². The van der Waals surface area contributed by atoms with Gasteiger partial charge in [0.05, 0.1) is 6.10 Å². The molecule has 0 unspecified atom stereocenters. The Morgan fingerprint density at radius 1 is 1.12 bits per heavy atom. The lowest BCUT2D eigenvalue weighted by Crippen LogP contribution is -2.30. The molecule has 0 spiro atoms. The highest BCUT2D eigenvalue weighted by atomic mass is 16.5. The van der Waals surface area contributed by atoms with Crippen molar-refractivity contribution in [3.63, 3.8) is 0 Å². The molecule has 1 N–H and O–H groups in total. The third-order valence-electron chi connectivity index (χ3n) is 6.11. The van der Waals surface area contributed by atoms with E-state index in [1.807, 2.05) is 0 Å². The van der Waals surface area contributed by atoms with Crippen LogP contribution in [0.3, 0.4) is 0 Å². The Kier molecular flexibility index (Phi) is 7.31. The van der Waals surface area contributed by atoms with Gasteiger partial charge in [-0.05, 0) is 74.7 Å². The van der Waals surface area contributed by atoms with Gasteiger partial charge in [-0.2, -0.15) is 0 Å². The van der Waals surface area contributed by atoms with Crippen LogP contribution in [-0.2, 0) is 16.0 Å². The van der Waals surface area contributed by atoms with E-state index in [4.69, 9.17) is 9.84 Å². The molecule has 0 aromatic heterocycles. The summed E-state index contributed by atoms with van der Waals surface area (Å²) in [5.41, 5.74) is 1.39. The normalized spacial score (nSPS) is 27.4. The lowest BCUT2D eigenvalue weighted by molar-refractivity contribution is -0.137. The van der Waals surface area contributed by atoms with Gasteiger partial charge < -0.3 is 9.84 Å². The molecule has 1 aromatic rings. The zero-order valence-electron chi connectivity index (χ0n) is 15.7. The number of hydrogen-bond acceptors (Lipinski definition) is 2. The fourth-order valence-corrected chi connectivity index (χ4v) is 4.83. The first-order valence-electron chi connectivity index (χ1n) is 10.3. The van der Waals surface area contributed by atoms with Gasteiger partial charge in [0.15, 0.2) is 0 Å². The quantitative estimate of drug-likeness (QED) is 0.435. The van der Waals surface area contributed by atoms with E-state index in [-0.39, 0.29) is 6.42 Å². The predicted octanol–water partition coefficient (Wildman–Crippen LogP) is 5.25. The van der Waals surface area contributed by atoms with E-state index in [1.165, 1.54) is 24.8 Å². The number of hydrogen-bond donors (Lipinski definition) is 1. The summed E-state index contributed by atoms with van der Waals surface area (Å²) in [7, 11) is 0. The van der Waals surface area contributed by atoms with Gasteiger partial charge in [-0.25, -0.2) is 0 Å². The molecule has 3 heteroatoms. The third-order valence-corrected chi connectivity index (χ3v) is 6.11. The molecule has 1 aromatic carbocycles. The molecule has 0 amide bonds. The van der Waals surface area contributed by atoms with Crippen molar-refractivity contribution in [2.24, 2.45) is 17.8 Å². The molecule has 2 aliphatic carbocycles. The highest BCUT2D eigenvalue weighted by Crippen LogP contribution is 2.51. The van der Waals surface area contributed by atoms with Crippen molar-refractivity contribution in [2.75, 3.05) is 6.61 Å². The number of unbranched alkanes of at least 4 members (excludes halogenated alkanes) is 1. The van der Waals surface area contributed by atoms with Crippen LogP contribution >= 0.6 is 0 Å². The lowest BCUT2D eigenvalue weighted by Gasteiger charge is -2.30. The van der Waals surface area contributed by atoms with E-state index < -0.39 is 5.97 Å². The monoisotopic (exact) mass is 356 g/mol. The second-order valence-corrected chi connectivity index (χ2v) is 7.91. The number of aliphatic carboxylic acids is 1. The van der Waals surface area contributed by atoms with E-state index in [0.29, 0.717) is 12.0 Å². The highest BCUT2D eigenvalue weighted by Gasteiger charge is 2.47. The number of benzene rings is 1. The average molecular weight is 357 g/mol. The zero-order valence-corrected chi connectivity index (χ0v) is 15.7. The number of carboxylic acids is 1. The Balaban J connectivity index is 1.39. The fourth-order valence-electron chi connectivity index (χ4n) is 4.83. The summed E-state index contributed by atoms with van der Waals surface area (Å²) in [4.78, 5) is 10.5. The first-order chi connectivity index (χ1) is 12.7. The van der Waals surface area contributed by atoms with Gasteiger partial charge in [-0.3, -0.25) is 4.79 Å². The minimum absolute atomic E-state index is 0.269. The Bertz CT molecular complexity index is 580. The zero-order chi connectivity index (χ0) is 18.2. The topological polar surface area (TPSA) is 46.5 Å². The molecule has 26 heavy (non-hydrogen) atoms. The first kappa shape index (κ1) is 19.2. The minimum Gasteiger partial charge on any atom is -0.481 e. The fraction of sp³-hybridized carbons (Fsp3) is 0.609. The SMILES string of the molecule is O=C(O)CCCC=CC[C@H]1[C@H]2CC[C@H](C2)[C@H]1OCCCc1ccccc1. The minimum atomic E-state index is -0.699. The van der Waals surface area contributed by atoms with Gasteiger partial charge in [0, 0.05) is 13.0 Å². The first-order valence-corrected chi connectivity index (χ1v) is 10.3. The van der Waals surface area contributed by atoms with Crippen LogP contribution in [0.25, 0.3) is 0 Å². The Hall–Kier alpha value is -1.61. The van der Waals surface area contributed by atoms with Gasteiger partial charge in [0.1, 0.15) is 0 Å². The van der Waals surface area contributed by atoms with E-state index in [0.717, 1.165) is 50.5 Å². The van der Waals surface area contributed by atoms with Crippen LogP contribution in [0.4, 0.5) is 0 Å². The number of rotatable bonds is 11. The van der Waals surface area contributed by atoms with Crippen molar-refractivity contribution in [3.05, 3.63) is 48.0 Å². The van der Waals surface area contributed by atoms with Crippen LogP contribution in [0.2, 0.25) is 0 Å². The molecule has 0 aliphatic heterocycles. The van der Waals surface area contributed by atoms with E-state index in [2.05, 4.69) is 42.5 Å². The van der Waals surface area contributed by atoms with Crippen LogP contribution in [0.5, 0.6) is 0 Å². The standard InChI is InChI=1S/C23H32O3/c24-22(25)13-7-2-1-6-12-21-19-14-15-20(17-19)23(21)26-16-8-11-18-9-4-3-5-10-18/h1,3-6,9-10,19-21,23H,2,7-8,11-17H2,(H,24,25)/t19-,20+,21-,23+/m0/s1. The number of ether oxygens (including phenoxy) is 1. The van der Waals surface area contributed by atoms with Crippen LogP contribution in [0.15, 0.2) is 42.5 Å². The number of fused-ring (bicyclic) bond motifs is 2. The second-order valence-electron chi connectivity index (χ2n) is 7.91. The van der Waals surface area contributed by atoms with Crippen molar-refractivity contribution in [2.45, 2.75) is 63.9 Å². The predicted molar refractivity (Wildman–Crippen MR) is 104 cm³/mol. The van der Waals surface area contributed by atoms with Crippen molar-refractivity contribution in [3.8, 4) is 0 Å². The smallest absolute Gasteiger partial charge is 0.303 e. The maximum atomic E-state index is 10.5. The molecular formula is C23H32O3. The van der Waals surface area contributed by atoms with E-state index >= 15 is 0 Å². The molecule has 2 fully saturated rings. The lowest BCUT2D eigenvalue weighted by atomic mass is 9.84. The summed E-state index contributed by atoms with van der Waals surface area (Å²) in [6.07, 6.45) is 14.1. The van der Waals surface area contributed by atoms with Gasteiger partial charge in [0.25, 0.3) is 0 Å². The molecule has 3 rings (SSSR count). The van der Waals surface area contributed by atoms with Gasteiger partial charge in [0.2, 0.25) is 0 Å². The maximum Gasteiger partial charge on any atom is 0.303 e. The molecule has 0 radical (unpaired) electrons. The molecule has 142 valence electrons. The Labute approximate surface area is 157 Å². The number of carbonyl (C=O) groups is 1. The molecule has 4 atom stereocenters. The molecule has 2 aliphatic rings. The van der Waals surface area contributed by atoms with Crippen LogP contribution in [0.1, 0.15) is 56.9 Å². The van der Waals surface area contributed by atoms with Gasteiger partial charge in [-0.1, -0.05) is 42.5 Å². The summed E-state index contributed by atoms with van der Waals surface area (Å²) >= 11 is 0. The summed E-state index contributed by atoms with van der Waals surface area (Å²) in [5.74, 6) is 1.57. The average Bonchev–Trinajstić information content (AvgIpc) is 3.24. The highest BCUT2D eigenvalue weighted by molar-refractivity contribution is 5.66. The summed E-state index contributed by atoms with van der Waals surface area (Å²) < 4.78 is 6.37. The third kappa shape index (κ3) is 5.44. The largest absolute Gasteiger partial charge is 0.481 e. The Morgan fingerprint density at radius 2 is 1.92 bits per heavy atom. The number of allylic oxidation sites excluding steroid dienone is 2. The van der Waals surface area contributed by atoms with E-state index in [9.17, 15) is 4.79 Å².